The van der Waals surface area contributed by atoms with Gasteiger partial charge in [0.15, 0.2) is 0 Å². The number of amides is 1. The summed E-state index contributed by atoms with van der Waals surface area (Å²) in [5.74, 6) is -0.655. The highest BCUT2D eigenvalue weighted by Gasteiger charge is 2.32. The number of benzene rings is 2. The molecule has 0 spiro atoms. The van der Waals surface area contributed by atoms with Crippen molar-refractivity contribution < 1.29 is 19.4 Å². The summed E-state index contributed by atoms with van der Waals surface area (Å²) in [7, 11) is 0. The highest BCUT2D eigenvalue weighted by molar-refractivity contribution is 5.79. The van der Waals surface area contributed by atoms with Gasteiger partial charge in [0.2, 0.25) is 0 Å². The average molecular weight is 365 g/mol. The van der Waals surface area contributed by atoms with Crippen LogP contribution in [-0.2, 0) is 9.53 Å². The number of nitrogens with one attached hydrogen (secondary N) is 1. The molecule has 1 amide bonds. The number of rotatable bonds is 6. The summed E-state index contributed by atoms with van der Waals surface area (Å²) in [6, 6.07) is 16.0. The van der Waals surface area contributed by atoms with Gasteiger partial charge >= 0.3 is 12.1 Å². The number of ether oxygens (including phenoxy) is 1. The predicted octanol–water partition coefficient (Wildman–Crippen LogP) is 4.17. The van der Waals surface area contributed by atoms with Crippen molar-refractivity contribution in [3.05, 3.63) is 59.7 Å². The van der Waals surface area contributed by atoms with Crippen molar-refractivity contribution in [3.8, 4) is 11.1 Å². The lowest BCUT2D eigenvalue weighted by molar-refractivity contribution is -0.138. The molecule has 2 aromatic carbocycles. The van der Waals surface area contributed by atoms with E-state index < -0.39 is 12.1 Å². The molecule has 0 bridgehead atoms. The van der Waals surface area contributed by atoms with E-state index in [-0.39, 0.29) is 30.9 Å². The van der Waals surface area contributed by atoms with Crippen LogP contribution in [0.3, 0.4) is 0 Å². The van der Waals surface area contributed by atoms with Gasteiger partial charge in [0.25, 0.3) is 0 Å². The van der Waals surface area contributed by atoms with Crippen LogP contribution in [0.25, 0.3) is 11.1 Å². The number of hydrogen-bond donors (Lipinski definition) is 2. The number of carboxylic acid groups (broad SMARTS) is 1. The quantitative estimate of drug-likeness (QED) is 0.806. The van der Waals surface area contributed by atoms with E-state index in [1.54, 1.807) is 0 Å². The number of fused-ring (bicyclic) bond motifs is 3. The molecule has 5 nitrogen and oxygen atoms in total. The number of carbonyl (C=O) groups excluding carboxylic acids is 1. The minimum atomic E-state index is -0.897. The lowest BCUT2D eigenvalue weighted by Crippen LogP contribution is -2.44. The van der Waals surface area contributed by atoms with Crippen LogP contribution in [0.15, 0.2) is 48.5 Å². The molecule has 1 atom stereocenters. The second kappa shape index (κ2) is 7.43. The number of carboxylic acids is 1. The average Bonchev–Trinajstić information content (AvgIpc) is 2.92. The van der Waals surface area contributed by atoms with E-state index in [4.69, 9.17) is 9.84 Å². The van der Waals surface area contributed by atoms with Crippen LogP contribution in [0.5, 0.6) is 0 Å². The molecule has 27 heavy (non-hydrogen) atoms. The van der Waals surface area contributed by atoms with E-state index in [0.29, 0.717) is 0 Å². The summed E-state index contributed by atoms with van der Waals surface area (Å²) < 4.78 is 5.53. The van der Waals surface area contributed by atoms with Gasteiger partial charge < -0.3 is 15.2 Å². The van der Waals surface area contributed by atoms with E-state index in [1.807, 2.05) is 24.3 Å². The molecule has 0 unspecified atom stereocenters. The maximum Gasteiger partial charge on any atom is 0.407 e. The molecule has 0 radical (unpaired) electrons. The Bertz CT molecular complexity index is 813. The van der Waals surface area contributed by atoms with E-state index in [2.05, 4.69) is 29.6 Å². The van der Waals surface area contributed by atoms with Gasteiger partial charge in [-0.05, 0) is 41.0 Å². The second-order valence-electron chi connectivity index (χ2n) is 7.37. The van der Waals surface area contributed by atoms with E-state index >= 15 is 0 Å². The molecule has 4 rings (SSSR count). The number of alkyl carbamates (subject to hydrolysis) is 1. The van der Waals surface area contributed by atoms with Crippen molar-refractivity contribution in [2.75, 3.05) is 6.61 Å². The molecule has 2 aliphatic rings. The Hall–Kier alpha value is -2.82. The van der Waals surface area contributed by atoms with Crippen LogP contribution in [0.1, 0.15) is 42.7 Å². The van der Waals surface area contributed by atoms with Crippen molar-refractivity contribution in [1.82, 2.24) is 5.32 Å². The molecule has 2 aromatic rings. The lowest BCUT2D eigenvalue weighted by Gasteiger charge is -2.33. The van der Waals surface area contributed by atoms with Gasteiger partial charge in [-0.1, -0.05) is 55.0 Å². The van der Waals surface area contributed by atoms with E-state index in [9.17, 15) is 9.59 Å². The summed E-state index contributed by atoms with van der Waals surface area (Å²) in [5, 5.41) is 11.9. The van der Waals surface area contributed by atoms with Gasteiger partial charge in [0.05, 0.1) is 6.42 Å². The standard InChI is InChI=1S/C22H23NO4/c24-21(25)12-20(14-6-5-7-14)23-22(26)27-13-19-17-10-3-1-8-15(17)16-9-2-4-11-18(16)19/h1-4,8-11,14,19-20H,5-7,12-13H2,(H,23,26)(H,24,25)/t20-/m0/s1. The third kappa shape index (κ3) is 3.54. The van der Waals surface area contributed by atoms with Gasteiger partial charge in [0, 0.05) is 12.0 Å². The Morgan fingerprint density at radius 2 is 1.63 bits per heavy atom. The number of aliphatic carboxylic acids is 1. The predicted molar refractivity (Wildman–Crippen MR) is 102 cm³/mol. The third-order valence-corrected chi connectivity index (χ3v) is 5.76. The first-order valence-corrected chi connectivity index (χ1v) is 9.47. The van der Waals surface area contributed by atoms with Crippen LogP contribution >= 0.6 is 0 Å². The van der Waals surface area contributed by atoms with Gasteiger partial charge in [-0.25, -0.2) is 4.79 Å². The highest BCUT2D eigenvalue weighted by Crippen LogP contribution is 2.44. The molecule has 0 aliphatic heterocycles. The van der Waals surface area contributed by atoms with Crippen molar-refractivity contribution >= 4 is 12.1 Å². The molecule has 0 heterocycles. The number of hydrogen-bond acceptors (Lipinski definition) is 3. The van der Waals surface area contributed by atoms with Crippen LogP contribution in [0.2, 0.25) is 0 Å². The van der Waals surface area contributed by atoms with Crippen LogP contribution in [0, 0.1) is 5.92 Å². The maximum absolute atomic E-state index is 12.3. The van der Waals surface area contributed by atoms with Crippen molar-refractivity contribution in [2.45, 2.75) is 37.6 Å². The molecule has 0 aromatic heterocycles. The van der Waals surface area contributed by atoms with Crippen LogP contribution < -0.4 is 5.32 Å². The molecular weight excluding hydrogens is 342 g/mol. The largest absolute Gasteiger partial charge is 0.481 e. The lowest BCUT2D eigenvalue weighted by atomic mass is 9.78. The molecule has 1 saturated carbocycles. The van der Waals surface area contributed by atoms with E-state index in [0.717, 1.165) is 30.4 Å². The first-order chi connectivity index (χ1) is 13.1. The zero-order valence-electron chi connectivity index (χ0n) is 15.1. The molecule has 140 valence electrons. The molecule has 1 fully saturated rings. The summed E-state index contributed by atoms with van der Waals surface area (Å²) >= 11 is 0. The fraction of sp³-hybridized carbons (Fsp3) is 0.364. The zero-order valence-corrected chi connectivity index (χ0v) is 15.1. The van der Waals surface area contributed by atoms with Crippen molar-refractivity contribution in [1.29, 1.82) is 0 Å². The third-order valence-electron chi connectivity index (χ3n) is 5.76. The summed E-state index contributed by atoms with van der Waals surface area (Å²) in [6.07, 6.45) is 2.42. The summed E-state index contributed by atoms with van der Waals surface area (Å²) in [5.41, 5.74) is 4.68. The topological polar surface area (TPSA) is 75.6 Å². The first-order valence-electron chi connectivity index (χ1n) is 9.47. The van der Waals surface area contributed by atoms with Gasteiger partial charge in [-0.3, -0.25) is 4.79 Å². The molecule has 0 saturated heterocycles. The normalized spacial score (nSPS) is 16.7. The summed E-state index contributed by atoms with van der Waals surface area (Å²) in [6.45, 7) is 0.240. The van der Waals surface area contributed by atoms with Gasteiger partial charge in [-0.15, -0.1) is 0 Å². The van der Waals surface area contributed by atoms with Crippen molar-refractivity contribution in [2.24, 2.45) is 5.92 Å². The molecule has 2 aliphatic carbocycles. The Balaban J connectivity index is 1.43. The Morgan fingerprint density at radius 3 is 2.15 bits per heavy atom. The number of carbonyl (C=O) groups is 2. The fourth-order valence-electron chi connectivity index (χ4n) is 4.16. The SMILES string of the molecule is O=C(O)C[C@H](NC(=O)OCC1c2ccccc2-c2ccccc21)C1CCC1. The molecular formula is C22H23NO4. The maximum atomic E-state index is 12.3. The minimum absolute atomic E-state index is 0.00442. The van der Waals surface area contributed by atoms with E-state index in [1.165, 1.54) is 11.1 Å². The highest BCUT2D eigenvalue weighted by atomic mass is 16.5. The monoisotopic (exact) mass is 365 g/mol. The van der Waals surface area contributed by atoms with Gasteiger partial charge in [-0.2, -0.15) is 0 Å². The second-order valence-corrected chi connectivity index (χ2v) is 7.37. The Labute approximate surface area is 158 Å². The Morgan fingerprint density at radius 1 is 1.04 bits per heavy atom. The smallest absolute Gasteiger partial charge is 0.407 e. The molecule has 5 heteroatoms. The van der Waals surface area contributed by atoms with Crippen LogP contribution in [0.4, 0.5) is 4.79 Å². The minimum Gasteiger partial charge on any atom is -0.481 e. The first kappa shape index (κ1) is 17.6. The Kier molecular flexibility index (Phi) is 4.84. The molecule has 2 N–H and O–H groups in total. The van der Waals surface area contributed by atoms with Crippen molar-refractivity contribution in [3.63, 3.8) is 0 Å². The van der Waals surface area contributed by atoms with Crippen LogP contribution in [-0.4, -0.2) is 29.8 Å². The fourth-order valence-corrected chi connectivity index (χ4v) is 4.16. The summed E-state index contributed by atoms with van der Waals surface area (Å²) in [4.78, 5) is 23.4. The zero-order chi connectivity index (χ0) is 18.8. The van der Waals surface area contributed by atoms with Gasteiger partial charge in [0.1, 0.15) is 6.61 Å².